The predicted octanol–water partition coefficient (Wildman–Crippen LogP) is 4.33. The van der Waals surface area contributed by atoms with Crippen LogP contribution in [0.5, 0.6) is 0 Å². The largest absolute Gasteiger partial charge is 0.298 e. The second kappa shape index (κ2) is 5.98. The Balaban J connectivity index is 2.23. The van der Waals surface area contributed by atoms with E-state index in [4.69, 9.17) is 11.6 Å². The number of thiazole rings is 1. The Bertz CT molecular complexity index is 615. The van der Waals surface area contributed by atoms with Crippen molar-refractivity contribution in [1.29, 1.82) is 0 Å². The maximum absolute atomic E-state index is 12.1. The number of amides is 1. The third-order valence-electron chi connectivity index (χ3n) is 2.37. The van der Waals surface area contributed by atoms with E-state index in [0.717, 1.165) is 9.48 Å². The fourth-order valence-corrected chi connectivity index (χ4v) is 2.74. The van der Waals surface area contributed by atoms with Crippen LogP contribution in [0.4, 0.5) is 5.13 Å². The Morgan fingerprint density at radius 2 is 2.21 bits per heavy atom. The molecule has 7 heteroatoms. The number of nitrogens with zero attached hydrogens (tertiary/aromatic N) is 2. The van der Waals surface area contributed by atoms with Crippen molar-refractivity contribution in [3.8, 4) is 0 Å². The fourth-order valence-electron chi connectivity index (χ4n) is 1.43. The van der Waals surface area contributed by atoms with E-state index in [1.165, 1.54) is 11.3 Å². The Morgan fingerprint density at radius 1 is 1.47 bits per heavy atom. The summed E-state index contributed by atoms with van der Waals surface area (Å²) in [5.41, 5.74) is 1.27. The lowest BCUT2D eigenvalue weighted by Gasteiger charge is -2.08. The second-order valence-electron chi connectivity index (χ2n) is 4.18. The van der Waals surface area contributed by atoms with Crippen molar-refractivity contribution in [2.75, 3.05) is 5.32 Å². The molecule has 0 unspecified atom stereocenters. The Kier molecular flexibility index (Phi) is 4.54. The summed E-state index contributed by atoms with van der Waals surface area (Å²) in [5.74, 6) is -0.0349. The van der Waals surface area contributed by atoms with Crippen molar-refractivity contribution < 1.29 is 4.79 Å². The Morgan fingerprint density at radius 3 is 2.79 bits per heavy atom. The van der Waals surface area contributed by atoms with Gasteiger partial charge in [0.2, 0.25) is 0 Å². The molecule has 0 aliphatic heterocycles. The van der Waals surface area contributed by atoms with E-state index in [1.54, 1.807) is 18.3 Å². The lowest BCUT2D eigenvalue weighted by molar-refractivity contribution is 0.102. The number of hydrogen-bond donors (Lipinski definition) is 1. The van der Waals surface area contributed by atoms with Gasteiger partial charge in [0.25, 0.3) is 5.91 Å². The molecule has 0 spiro atoms. The average Bonchev–Trinajstić information content (AvgIpc) is 2.73. The number of aromatic nitrogens is 2. The summed E-state index contributed by atoms with van der Waals surface area (Å²) in [5, 5.41) is 3.58. The van der Waals surface area contributed by atoms with Crippen molar-refractivity contribution >= 4 is 49.9 Å². The van der Waals surface area contributed by atoms with E-state index in [9.17, 15) is 4.79 Å². The lowest BCUT2D eigenvalue weighted by Crippen LogP contribution is -2.12. The maximum Gasteiger partial charge on any atom is 0.257 e. The molecule has 0 aliphatic rings. The van der Waals surface area contributed by atoms with Crippen LogP contribution in [0.25, 0.3) is 0 Å². The van der Waals surface area contributed by atoms with Gasteiger partial charge in [0, 0.05) is 11.3 Å². The van der Waals surface area contributed by atoms with Crippen molar-refractivity contribution in [3.63, 3.8) is 0 Å². The number of carbonyl (C=O) groups is 1. The third-order valence-corrected chi connectivity index (χ3v) is 3.95. The summed E-state index contributed by atoms with van der Waals surface area (Å²) in [6.07, 6.45) is 1.64. The zero-order valence-corrected chi connectivity index (χ0v) is 13.4. The molecular weight excluding hydrogens is 350 g/mol. The Labute approximate surface area is 128 Å². The molecule has 0 radical (unpaired) electrons. The second-order valence-corrected chi connectivity index (χ2v) is 6.98. The first-order chi connectivity index (χ1) is 8.95. The zero-order valence-electron chi connectivity index (χ0n) is 10.3. The van der Waals surface area contributed by atoms with Gasteiger partial charge in [0.15, 0.2) is 5.13 Å². The molecule has 0 aliphatic carbocycles. The molecular formula is C12H11BrClN3OS. The number of halogens is 2. The van der Waals surface area contributed by atoms with Crippen molar-refractivity contribution in [1.82, 2.24) is 9.97 Å². The summed E-state index contributed by atoms with van der Waals surface area (Å²) in [4.78, 5) is 20.3. The summed E-state index contributed by atoms with van der Waals surface area (Å²) < 4.78 is 0.860. The molecule has 0 aromatic carbocycles. The maximum atomic E-state index is 12.1. The van der Waals surface area contributed by atoms with Gasteiger partial charge in [-0.1, -0.05) is 36.8 Å². The van der Waals surface area contributed by atoms with Gasteiger partial charge in [-0.25, -0.2) is 9.97 Å². The van der Waals surface area contributed by atoms with E-state index in [-0.39, 0.29) is 11.8 Å². The number of carbonyl (C=O) groups excluding carboxylic acids is 1. The third kappa shape index (κ3) is 3.75. The molecule has 0 saturated heterocycles. The quantitative estimate of drug-likeness (QED) is 0.829. The highest BCUT2D eigenvalue weighted by molar-refractivity contribution is 9.11. The molecule has 2 rings (SSSR count). The van der Waals surface area contributed by atoms with Crippen LogP contribution in [0, 0.1) is 0 Å². The van der Waals surface area contributed by atoms with Gasteiger partial charge in [-0.2, -0.15) is 0 Å². The molecule has 19 heavy (non-hydrogen) atoms. The minimum atomic E-state index is -0.243. The predicted molar refractivity (Wildman–Crippen MR) is 81.1 cm³/mol. The molecule has 0 bridgehead atoms. The van der Waals surface area contributed by atoms with Crippen LogP contribution in [-0.4, -0.2) is 15.9 Å². The molecule has 4 nitrogen and oxygen atoms in total. The molecule has 2 heterocycles. The standard InChI is InChI=1S/C12H11BrClN3OS/c1-6(2)8-3-7(4-10(14)16-8)11(18)17-12-15-5-9(13)19-12/h3-6H,1-2H3,(H,15,17,18). The van der Waals surface area contributed by atoms with Crippen LogP contribution >= 0.6 is 38.9 Å². The first kappa shape index (κ1) is 14.4. The fraction of sp³-hybridized carbons (Fsp3) is 0.250. The van der Waals surface area contributed by atoms with Gasteiger partial charge in [0.05, 0.1) is 9.98 Å². The highest BCUT2D eigenvalue weighted by Gasteiger charge is 2.12. The number of rotatable bonds is 3. The van der Waals surface area contributed by atoms with Gasteiger partial charge in [-0.3, -0.25) is 10.1 Å². The molecule has 1 N–H and O–H groups in total. The van der Waals surface area contributed by atoms with Gasteiger partial charge in [-0.05, 0) is 34.0 Å². The monoisotopic (exact) mass is 359 g/mol. The normalized spacial score (nSPS) is 10.8. The molecule has 100 valence electrons. The van der Waals surface area contributed by atoms with Crippen molar-refractivity contribution in [2.45, 2.75) is 19.8 Å². The summed E-state index contributed by atoms with van der Waals surface area (Å²) in [6.45, 7) is 4.00. The summed E-state index contributed by atoms with van der Waals surface area (Å²) >= 11 is 10.6. The molecule has 1 amide bonds. The van der Waals surface area contributed by atoms with E-state index in [0.29, 0.717) is 15.8 Å². The number of pyridine rings is 1. The molecule has 0 fully saturated rings. The van der Waals surface area contributed by atoms with Crippen LogP contribution in [0.15, 0.2) is 22.1 Å². The van der Waals surface area contributed by atoms with Crippen molar-refractivity contribution in [2.24, 2.45) is 0 Å². The topological polar surface area (TPSA) is 54.9 Å². The summed E-state index contributed by atoms with van der Waals surface area (Å²) in [6, 6.07) is 3.29. The highest BCUT2D eigenvalue weighted by atomic mass is 79.9. The van der Waals surface area contributed by atoms with Crippen molar-refractivity contribution in [3.05, 3.63) is 38.5 Å². The highest BCUT2D eigenvalue weighted by Crippen LogP contribution is 2.24. The average molecular weight is 361 g/mol. The zero-order chi connectivity index (χ0) is 14.0. The summed E-state index contributed by atoms with van der Waals surface area (Å²) in [7, 11) is 0. The van der Waals surface area contributed by atoms with Crippen LogP contribution in [0.3, 0.4) is 0 Å². The van der Waals surface area contributed by atoms with Gasteiger partial charge in [0.1, 0.15) is 5.15 Å². The number of nitrogens with one attached hydrogen (secondary N) is 1. The minimum absolute atomic E-state index is 0.208. The van der Waals surface area contributed by atoms with Crippen LogP contribution in [-0.2, 0) is 0 Å². The molecule has 0 atom stereocenters. The molecule has 2 aromatic rings. The Hall–Kier alpha value is -0.980. The van der Waals surface area contributed by atoms with Gasteiger partial charge < -0.3 is 0 Å². The first-order valence-electron chi connectivity index (χ1n) is 5.56. The van der Waals surface area contributed by atoms with Gasteiger partial charge >= 0.3 is 0 Å². The van der Waals surface area contributed by atoms with Crippen LogP contribution < -0.4 is 5.32 Å². The van der Waals surface area contributed by atoms with Crippen LogP contribution in [0.1, 0.15) is 35.8 Å². The van der Waals surface area contributed by atoms with E-state index in [1.807, 2.05) is 13.8 Å². The van der Waals surface area contributed by atoms with E-state index in [2.05, 4.69) is 31.2 Å². The van der Waals surface area contributed by atoms with E-state index < -0.39 is 0 Å². The van der Waals surface area contributed by atoms with Crippen LogP contribution in [0.2, 0.25) is 5.15 Å². The number of anilines is 1. The first-order valence-corrected chi connectivity index (χ1v) is 7.54. The number of hydrogen-bond acceptors (Lipinski definition) is 4. The molecule has 2 aromatic heterocycles. The smallest absolute Gasteiger partial charge is 0.257 e. The van der Waals surface area contributed by atoms with Gasteiger partial charge in [-0.15, -0.1) is 0 Å². The SMILES string of the molecule is CC(C)c1cc(C(=O)Nc2ncc(Br)s2)cc(Cl)n1. The minimum Gasteiger partial charge on any atom is -0.298 e. The van der Waals surface area contributed by atoms with E-state index >= 15 is 0 Å². The molecule has 0 saturated carbocycles. The lowest BCUT2D eigenvalue weighted by atomic mass is 10.1.